The van der Waals surface area contributed by atoms with Gasteiger partial charge in [0.1, 0.15) is 24.2 Å². The van der Waals surface area contributed by atoms with Crippen molar-refractivity contribution in [2.75, 3.05) is 13.2 Å². The maximum absolute atomic E-state index is 13.4. The van der Waals surface area contributed by atoms with Crippen LogP contribution in [0.2, 0.25) is 0 Å². The smallest absolute Gasteiger partial charge is 0.245 e. The van der Waals surface area contributed by atoms with Crippen LogP contribution in [0.1, 0.15) is 65.9 Å². The lowest BCUT2D eigenvalue weighted by atomic mass is 9.99. The Balaban J connectivity index is 2.15. The molecule has 2 rings (SSSR count). The molecule has 48 heavy (non-hydrogen) atoms. The lowest BCUT2D eigenvalue weighted by Crippen LogP contribution is -2.62. The van der Waals surface area contributed by atoms with Crippen LogP contribution >= 0.6 is 0 Å². The highest BCUT2D eigenvalue weighted by Crippen LogP contribution is 2.20. The molecule has 1 heterocycles. The van der Waals surface area contributed by atoms with Gasteiger partial charge in [0.05, 0.1) is 18.8 Å². The number of hydrogen-bond acceptors (Lipinski definition) is 9. The third kappa shape index (κ3) is 11.7. The minimum atomic E-state index is -1.48. The molecule has 0 spiro atoms. The van der Waals surface area contributed by atoms with Gasteiger partial charge in [0, 0.05) is 36.9 Å². The second kappa shape index (κ2) is 19.5. The first-order valence-corrected chi connectivity index (χ1v) is 16.3. The molecule has 0 fully saturated rings. The summed E-state index contributed by atoms with van der Waals surface area (Å²) in [5, 5.41) is 33.9. The molecule has 0 aliphatic rings. The number of fused-ring (bicyclic) bond motifs is 1. The van der Waals surface area contributed by atoms with Gasteiger partial charge in [0.15, 0.2) is 5.78 Å². The summed E-state index contributed by atoms with van der Waals surface area (Å²) in [6.45, 7) is 7.09. The number of ketones is 1. The summed E-state index contributed by atoms with van der Waals surface area (Å²) in [5.41, 5.74) is 7.19. The van der Waals surface area contributed by atoms with E-state index in [9.17, 15) is 39.0 Å². The molecule has 0 saturated carbocycles. The minimum Gasteiger partial charge on any atom is -0.394 e. The van der Waals surface area contributed by atoms with E-state index in [0.29, 0.717) is 19.4 Å². The summed E-state index contributed by atoms with van der Waals surface area (Å²) in [6, 6.07) is 1.43. The molecule has 1 aromatic heterocycles. The van der Waals surface area contributed by atoms with Gasteiger partial charge in [0.25, 0.3) is 0 Å². The summed E-state index contributed by atoms with van der Waals surface area (Å²) in [7, 11) is 0. The van der Waals surface area contributed by atoms with Crippen LogP contribution in [-0.4, -0.2) is 100.0 Å². The summed E-state index contributed by atoms with van der Waals surface area (Å²) < 4.78 is 0. The van der Waals surface area contributed by atoms with E-state index in [4.69, 9.17) is 5.73 Å². The maximum Gasteiger partial charge on any atom is 0.245 e. The number of amides is 5. The molecule has 15 heteroatoms. The average Bonchev–Trinajstić information content (AvgIpc) is 3.45. The zero-order valence-electron chi connectivity index (χ0n) is 28.3. The van der Waals surface area contributed by atoms with Crippen molar-refractivity contribution in [3.8, 4) is 0 Å². The monoisotopic (exact) mass is 673 g/mol. The first-order chi connectivity index (χ1) is 22.7. The zero-order chi connectivity index (χ0) is 36.0. The molecule has 10 N–H and O–H groups in total. The molecule has 0 saturated heterocycles. The third-order valence-electron chi connectivity index (χ3n) is 7.92. The Labute approximate surface area is 280 Å². The molecule has 0 unspecified atom stereocenters. The van der Waals surface area contributed by atoms with Gasteiger partial charge in [-0.1, -0.05) is 39.0 Å². The van der Waals surface area contributed by atoms with Gasteiger partial charge in [-0.2, -0.15) is 0 Å². The Morgan fingerprint density at radius 1 is 0.812 bits per heavy atom. The number of benzene rings is 1. The van der Waals surface area contributed by atoms with E-state index in [0.717, 1.165) is 16.5 Å². The largest absolute Gasteiger partial charge is 0.394 e. The van der Waals surface area contributed by atoms with Crippen molar-refractivity contribution in [2.45, 2.75) is 103 Å². The van der Waals surface area contributed by atoms with E-state index >= 15 is 0 Å². The summed E-state index contributed by atoms with van der Waals surface area (Å²) in [6.07, 6.45) is 2.12. The molecular formula is C33H51N7O8. The Morgan fingerprint density at radius 2 is 1.42 bits per heavy atom. The summed E-state index contributed by atoms with van der Waals surface area (Å²) >= 11 is 0. The number of nitrogens with one attached hydrogen (secondary N) is 6. The second-order valence-corrected chi connectivity index (χ2v) is 12.2. The lowest BCUT2D eigenvalue weighted by Gasteiger charge is -2.29. The molecule has 15 nitrogen and oxygen atoms in total. The standard InChI is InChI=1S/C33H51N7O8/c1-6-27(44)25(15-21-16-35-23-12-8-7-11-22(21)23)37-33(48)29(19(4)42)40-32(47)28(18(2)3)39-31(46)26(17-41)38-30(45)24(36-20(5)43)13-9-10-14-34/h7-8,11-12,16,18-19,24-26,28-29,35,41-42H,6,9-10,13-15,17,34H2,1-5H3,(H,36,43)(H,37,48)(H,38,45)(H,39,46)(H,40,47)/t19-,24+,25+,26+,28+,29+/m1/s1. The molecule has 0 radical (unpaired) electrons. The van der Waals surface area contributed by atoms with Crippen LogP contribution in [0.4, 0.5) is 0 Å². The molecule has 0 bridgehead atoms. The van der Waals surface area contributed by atoms with E-state index in [-0.39, 0.29) is 25.0 Å². The van der Waals surface area contributed by atoms with Crippen LogP contribution in [0.25, 0.3) is 10.9 Å². The number of para-hydroxylation sites is 1. The van der Waals surface area contributed by atoms with E-state index in [1.54, 1.807) is 27.0 Å². The van der Waals surface area contributed by atoms with Crippen molar-refractivity contribution in [3.05, 3.63) is 36.0 Å². The van der Waals surface area contributed by atoms with Gasteiger partial charge in [0.2, 0.25) is 29.5 Å². The van der Waals surface area contributed by atoms with Crippen molar-refractivity contribution in [3.63, 3.8) is 0 Å². The summed E-state index contributed by atoms with van der Waals surface area (Å²) in [4.78, 5) is 80.5. The number of nitrogens with two attached hydrogens (primary N) is 1. The molecule has 2 aromatic rings. The van der Waals surface area contributed by atoms with E-state index in [1.807, 2.05) is 24.3 Å². The fourth-order valence-corrected chi connectivity index (χ4v) is 5.18. The SMILES string of the molecule is CCC(=O)[C@H](Cc1c[nH]c2ccccc12)NC(=O)[C@@H](NC(=O)[C@@H](NC(=O)[C@H](CO)NC(=O)[C@H](CCCCN)NC(C)=O)C(C)C)[C@@H](C)O. The number of aliphatic hydroxyl groups excluding tert-OH is 2. The Kier molecular flexibility index (Phi) is 16.2. The van der Waals surface area contributed by atoms with Crippen molar-refractivity contribution in [2.24, 2.45) is 11.7 Å². The van der Waals surface area contributed by atoms with Crippen LogP contribution in [0, 0.1) is 5.92 Å². The topological polar surface area (TPSA) is 245 Å². The lowest BCUT2D eigenvalue weighted by molar-refractivity contribution is -0.137. The van der Waals surface area contributed by atoms with Gasteiger partial charge >= 0.3 is 0 Å². The number of Topliss-reactive ketones (excluding diaryl/α,β-unsaturated/α-hetero) is 1. The fraction of sp³-hybridized carbons (Fsp3) is 0.576. The first-order valence-electron chi connectivity index (χ1n) is 16.3. The van der Waals surface area contributed by atoms with Crippen LogP contribution < -0.4 is 32.3 Å². The van der Waals surface area contributed by atoms with Crippen LogP contribution in [0.3, 0.4) is 0 Å². The van der Waals surface area contributed by atoms with Gasteiger partial charge in [-0.05, 0) is 50.3 Å². The highest BCUT2D eigenvalue weighted by molar-refractivity contribution is 5.97. The van der Waals surface area contributed by atoms with Crippen molar-refractivity contribution < 1.29 is 39.0 Å². The number of unbranched alkanes of at least 4 members (excludes halogenated alkanes) is 1. The number of rotatable bonds is 20. The Bertz CT molecular complexity index is 1410. The molecular weight excluding hydrogens is 622 g/mol. The van der Waals surface area contributed by atoms with Crippen LogP contribution in [0.15, 0.2) is 30.5 Å². The van der Waals surface area contributed by atoms with Gasteiger partial charge in [-0.25, -0.2) is 0 Å². The van der Waals surface area contributed by atoms with Crippen molar-refractivity contribution in [1.29, 1.82) is 0 Å². The number of H-pyrrole nitrogens is 1. The number of carbonyl (C=O) groups excluding carboxylic acids is 6. The molecule has 5 amide bonds. The number of aromatic amines is 1. The normalized spacial score (nSPS) is 15.0. The third-order valence-corrected chi connectivity index (χ3v) is 7.92. The van der Waals surface area contributed by atoms with E-state index in [2.05, 4.69) is 31.6 Å². The van der Waals surface area contributed by atoms with Gasteiger partial charge < -0.3 is 47.5 Å². The number of aromatic nitrogens is 1. The number of carbonyl (C=O) groups is 6. The molecule has 0 aliphatic heterocycles. The molecule has 6 atom stereocenters. The van der Waals surface area contributed by atoms with Crippen molar-refractivity contribution >= 4 is 46.2 Å². The predicted molar refractivity (Wildman–Crippen MR) is 179 cm³/mol. The van der Waals surface area contributed by atoms with Crippen molar-refractivity contribution in [1.82, 2.24) is 31.6 Å². The van der Waals surface area contributed by atoms with Crippen LogP contribution in [0.5, 0.6) is 0 Å². The maximum atomic E-state index is 13.4. The molecule has 1 aromatic carbocycles. The summed E-state index contributed by atoms with van der Waals surface area (Å²) in [5.74, 6) is -4.40. The molecule has 266 valence electrons. The Hall–Kier alpha value is -4.34. The quantitative estimate of drug-likeness (QED) is 0.0805. The van der Waals surface area contributed by atoms with Gasteiger partial charge in [-0.3, -0.25) is 28.8 Å². The van der Waals surface area contributed by atoms with E-state index < -0.39 is 78.4 Å². The van der Waals surface area contributed by atoms with E-state index in [1.165, 1.54) is 13.8 Å². The average molecular weight is 674 g/mol. The van der Waals surface area contributed by atoms with Gasteiger partial charge in [-0.15, -0.1) is 0 Å². The predicted octanol–water partition coefficient (Wildman–Crippen LogP) is -0.708. The highest BCUT2D eigenvalue weighted by Gasteiger charge is 2.35. The second-order valence-electron chi connectivity index (χ2n) is 12.2. The fourth-order valence-electron chi connectivity index (χ4n) is 5.18. The first kappa shape index (κ1) is 39.8. The van der Waals surface area contributed by atoms with Crippen LogP contribution in [-0.2, 0) is 35.2 Å². The minimum absolute atomic E-state index is 0.141. The molecule has 0 aliphatic carbocycles. The number of hydrogen-bond donors (Lipinski definition) is 9. The zero-order valence-corrected chi connectivity index (χ0v) is 28.3. The Morgan fingerprint density at radius 3 is 2.00 bits per heavy atom. The number of aliphatic hydroxyl groups is 2. The highest BCUT2D eigenvalue weighted by atomic mass is 16.3.